The van der Waals surface area contributed by atoms with E-state index in [9.17, 15) is 5.11 Å². The Balaban J connectivity index is 2.53. The number of thiophene rings is 1. The monoisotopic (exact) mass is 340 g/mol. The fraction of sp³-hybridized carbons (Fsp3) is 0.706. The average Bonchev–Trinajstić information content (AvgIpc) is 3.07. The molecule has 5 nitrogen and oxygen atoms in total. The Kier molecular flexibility index (Phi) is 9.21. The summed E-state index contributed by atoms with van der Waals surface area (Å²) in [5, 5.41) is 19.1. The molecule has 3 N–H and O–H groups in total. The van der Waals surface area contributed by atoms with E-state index in [-0.39, 0.29) is 0 Å². The van der Waals surface area contributed by atoms with Gasteiger partial charge in [0, 0.05) is 24.5 Å². The summed E-state index contributed by atoms with van der Waals surface area (Å²) < 4.78 is 0. The van der Waals surface area contributed by atoms with Gasteiger partial charge in [-0.25, -0.2) is 4.99 Å². The molecule has 0 saturated carbocycles. The first-order valence-corrected chi connectivity index (χ1v) is 9.42. The van der Waals surface area contributed by atoms with Crippen molar-refractivity contribution in [3.05, 3.63) is 22.4 Å². The molecule has 0 bridgehead atoms. The van der Waals surface area contributed by atoms with Crippen LogP contribution in [0.1, 0.15) is 39.0 Å². The number of guanidine groups is 1. The topological polar surface area (TPSA) is 59.9 Å². The predicted octanol–water partition coefficient (Wildman–Crippen LogP) is 2.24. The first-order valence-electron chi connectivity index (χ1n) is 8.54. The largest absolute Gasteiger partial charge is 0.383 e. The van der Waals surface area contributed by atoms with Crippen LogP contribution in [0.3, 0.4) is 0 Å². The molecule has 0 radical (unpaired) electrons. The summed E-state index contributed by atoms with van der Waals surface area (Å²) >= 11 is 1.56. The average molecular weight is 341 g/mol. The Hall–Kier alpha value is -1.11. The number of hydrogen-bond donors (Lipinski definition) is 3. The van der Waals surface area contributed by atoms with E-state index in [0.29, 0.717) is 6.54 Å². The highest BCUT2D eigenvalue weighted by atomic mass is 32.1. The number of rotatable bonds is 10. The second-order valence-corrected chi connectivity index (χ2v) is 6.76. The number of likely N-dealkylation sites (N-methyl/N-ethyl adjacent to an activating group) is 1. The molecule has 0 amide bonds. The van der Waals surface area contributed by atoms with Gasteiger partial charge in [-0.15, -0.1) is 11.3 Å². The van der Waals surface area contributed by atoms with Crippen LogP contribution >= 0.6 is 11.3 Å². The van der Waals surface area contributed by atoms with Crippen molar-refractivity contribution in [2.24, 2.45) is 4.99 Å². The van der Waals surface area contributed by atoms with Crippen molar-refractivity contribution in [1.29, 1.82) is 0 Å². The molecule has 1 aromatic heterocycles. The van der Waals surface area contributed by atoms with Crippen LogP contribution in [0.15, 0.2) is 22.5 Å². The van der Waals surface area contributed by atoms with Gasteiger partial charge >= 0.3 is 0 Å². The van der Waals surface area contributed by atoms with E-state index >= 15 is 0 Å². The van der Waals surface area contributed by atoms with E-state index < -0.39 is 5.60 Å². The van der Waals surface area contributed by atoms with Crippen LogP contribution < -0.4 is 10.6 Å². The van der Waals surface area contributed by atoms with Crippen LogP contribution in [0.25, 0.3) is 0 Å². The van der Waals surface area contributed by atoms with Gasteiger partial charge in [0.15, 0.2) is 5.96 Å². The molecule has 23 heavy (non-hydrogen) atoms. The molecular formula is C17H32N4OS. The lowest BCUT2D eigenvalue weighted by atomic mass is 10.1. The first kappa shape index (κ1) is 19.9. The summed E-state index contributed by atoms with van der Waals surface area (Å²) in [5.41, 5.74) is -0.922. The Morgan fingerprint density at radius 2 is 2.09 bits per heavy atom. The van der Waals surface area contributed by atoms with Gasteiger partial charge in [-0.1, -0.05) is 19.9 Å². The van der Waals surface area contributed by atoms with Crippen LogP contribution in [0, 0.1) is 0 Å². The Morgan fingerprint density at radius 1 is 1.30 bits per heavy atom. The molecular weight excluding hydrogens is 308 g/mol. The molecule has 1 aromatic rings. The van der Waals surface area contributed by atoms with Crippen molar-refractivity contribution >= 4 is 17.3 Å². The van der Waals surface area contributed by atoms with Crippen LogP contribution in [0.4, 0.5) is 0 Å². The fourth-order valence-electron chi connectivity index (χ4n) is 2.31. The number of aliphatic imine (C=N–C) groups is 1. The Bertz CT molecular complexity index is 445. The van der Waals surface area contributed by atoms with Gasteiger partial charge in [0.25, 0.3) is 0 Å². The normalized spacial score (nSPS) is 14.8. The van der Waals surface area contributed by atoms with Gasteiger partial charge in [0.2, 0.25) is 0 Å². The molecule has 1 unspecified atom stereocenters. The lowest BCUT2D eigenvalue weighted by Gasteiger charge is -2.22. The van der Waals surface area contributed by atoms with E-state index in [1.54, 1.807) is 11.3 Å². The maximum Gasteiger partial charge on any atom is 0.191 e. The summed E-state index contributed by atoms with van der Waals surface area (Å²) in [6.07, 6.45) is 1.17. The van der Waals surface area contributed by atoms with Crippen molar-refractivity contribution in [2.45, 2.75) is 39.7 Å². The molecule has 0 aliphatic rings. The summed E-state index contributed by atoms with van der Waals surface area (Å²) in [7, 11) is 0. The number of hydrogen-bond acceptors (Lipinski definition) is 4. The van der Waals surface area contributed by atoms with Gasteiger partial charge in [-0.3, -0.25) is 0 Å². The van der Waals surface area contributed by atoms with E-state index in [1.807, 2.05) is 31.4 Å². The first-order chi connectivity index (χ1) is 11.0. The lowest BCUT2D eigenvalue weighted by Crippen LogP contribution is -2.42. The molecule has 0 fully saturated rings. The molecule has 1 rings (SSSR count). The zero-order valence-corrected chi connectivity index (χ0v) is 15.7. The van der Waals surface area contributed by atoms with Crippen molar-refractivity contribution in [3.8, 4) is 0 Å². The van der Waals surface area contributed by atoms with Crippen LogP contribution in [0.2, 0.25) is 0 Å². The highest BCUT2D eigenvalue weighted by Gasteiger charge is 2.23. The van der Waals surface area contributed by atoms with E-state index in [2.05, 4.69) is 34.4 Å². The summed E-state index contributed by atoms with van der Waals surface area (Å²) in [6.45, 7) is 13.4. The third kappa shape index (κ3) is 7.33. The van der Waals surface area contributed by atoms with Crippen LogP contribution in [0.5, 0.6) is 0 Å². The molecule has 0 aliphatic carbocycles. The summed E-state index contributed by atoms with van der Waals surface area (Å²) in [6, 6.07) is 3.90. The van der Waals surface area contributed by atoms with E-state index in [1.165, 1.54) is 6.42 Å². The second-order valence-electron chi connectivity index (χ2n) is 5.81. The molecule has 0 saturated heterocycles. The molecule has 0 spiro atoms. The maximum absolute atomic E-state index is 10.6. The Morgan fingerprint density at radius 3 is 2.65 bits per heavy atom. The maximum atomic E-state index is 10.6. The molecule has 6 heteroatoms. The van der Waals surface area contributed by atoms with Crippen molar-refractivity contribution in [3.63, 3.8) is 0 Å². The highest BCUT2D eigenvalue weighted by Crippen LogP contribution is 2.25. The van der Waals surface area contributed by atoms with Gasteiger partial charge in [-0.05, 0) is 44.8 Å². The van der Waals surface area contributed by atoms with Crippen LogP contribution in [-0.2, 0) is 5.60 Å². The van der Waals surface area contributed by atoms with E-state index in [0.717, 1.165) is 43.6 Å². The second kappa shape index (κ2) is 10.6. The van der Waals surface area contributed by atoms with Gasteiger partial charge < -0.3 is 20.6 Å². The minimum Gasteiger partial charge on any atom is -0.383 e. The third-order valence-corrected chi connectivity index (χ3v) is 4.77. The predicted molar refractivity (Wildman–Crippen MR) is 100 cm³/mol. The molecule has 1 heterocycles. The number of nitrogens with one attached hydrogen (secondary N) is 2. The van der Waals surface area contributed by atoms with E-state index in [4.69, 9.17) is 0 Å². The van der Waals surface area contributed by atoms with Gasteiger partial charge in [-0.2, -0.15) is 0 Å². The molecule has 1 atom stereocenters. The SMILES string of the molecule is CCCN(CC)CCNC(=NCC(C)(O)c1cccs1)NCC. The van der Waals surface area contributed by atoms with Crippen molar-refractivity contribution in [1.82, 2.24) is 15.5 Å². The number of nitrogens with zero attached hydrogens (tertiary/aromatic N) is 2. The fourth-order valence-corrected chi connectivity index (χ4v) is 3.09. The van der Waals surface area contributed by atoms with Gasteiger partial charge in [0.1, 0.15) is 5.60 Å². The standard InChI is InChI=1S/C17H32N4OS/c1-5-11-21(7-3)12-10-19-16(18-6-2)20-14-17(4,22)15-9-8-13-23-15/h8-9,13,22H,5-7,10-12,14H2,1-4H3,(H2,18,19,20). The highest BCUT2D eigenvalue weighted by molar-refractivity contribution is 7.10. The van der Waals surface area contributed by atoms with Crippen molar-refractivity contribution < 1.29 is 5.11 Å². The molecule has 132 valence electrons. The quantitative estimate of drug-likeness (QED) is 0.452. The zero-order valence-electron chi connectivity index (χ0n) is 14.9. The lowest BCUT2D eigenvalue weighted by molar-refractivity contribution is 0.0711. The Labute approximate surface area is 144 Å². The number of aliphatic hydroxyl groups is 1. The van der Waals surface area contributed by atoms with Crippen molar-refractivity contribution in [2.75, 3.05) is 39.3 Å². The minimum atomic E-state index is -0.922. The molecule has 0 aliphatic heterocycles. The van der Waals surface area contributed by atoms with Crippen LogP contribution in [-0.4, -0.2) is 55.2 Å². The third-order valence-electron chi connectivity index (χ3n) is 3.65. The zero-order chi connectivity index (χ0) is 17.1. The minimum absolute atomic E-state index is 0.343. The summed E-state index contributed by atoms with van der Waals surface area (Å²) in [4.78, 5) is 7.90. The van der Waals surface area contributed by atoms with Gasteiger partial charge in [0.05, 0.1) is 6.54 Å². The smallest absolute Gasteiger partial charge is 0.191 e. The molecule has 0 aromatic carbocycles. The summed E-state index contributed by atoms with van der Waals surface area (Å²) in [5.74, 6) is 0.761.